The lowest BCUT2D eigenvalue weighted by molar-refractivity contribution is -0.120. The van der Waals surface area contributed by atoms with Crippen LogP contribution in [-0.2, 0) is 11.2 Å². The van der Waals surface area contributed by atoms with Crippen LogP contribution in [0.25, 0.3) is 0 Å². The molecule has 1 saturated heterocycles. The summed E-state index contributed by atoms with van der Waals surface area (Å²) < 4.78 is 13.5. The minimum absolute atomic E-state index is 0.00505. The first kappa shape index (κ1) is 14.2. The number of aliphatic hydroxyl groups is 1. The maximum atomic E-state index is 13.5. The molecule has 3 nitrogen and oxygen atoms in total. The highest BCUT2D eigenvalue weighted by Crippen LogP contribution is 2.17. The normalized spacial score (nSPS) is 20.4. The highest BCUT2D eigenvalue weighted by molar-refractivity contribution is 5.82. The van der Waals surface area contributed by atoms with Crippen LogP contribution in [0.5, 0.6) is 0 Å². The zero-order valence-electron chi connectivity index (χ0n) is 11.0. The number of halogens is 1. The molecule has 0 amide bonds. The molecule has 0 radical (unpaired) electrons. The van der Waals surface area contributed by atoms with Gasteiger partial charge in [-0.1, -0.05) is 24.6 Å². The molecule has 0 saturated carbocycles. The summed E-state index contributed by atoms with van der Waals surface area (Å²) >= 11 is 0. The number of nitrogens with zero attached hydrogens (tertiary/aromatic N) is 1. The molecule has 0 aliphatic carbocycles. The van der Waals surface area contributed by atoms with Crippen molar-refractivity contribution in [2.45, 2.75) is 31.7 Å². The molecule has 1 unspecified atom stereocenters. The quantitative estimate of drug-likeness (QED) is 0.882. The zero-order chi connectivity index (χ0) is 13.7. The van der Waals surface area contributed by atoms with Crippen molar-refractivity contribution in [1.82, 2.24) is 4.90 Å². The summed E-state index contributed by atoms with van der Waals surface area (Å²) in [5.74, 6) is -0.321. The van der Waals surface area contributed by atoms with Gasteiger partial charge in [0.2, 0.25) is 0 Å². The maximum absolute atomic E-state index is 13.5. The van der Waals surface area contributed by atoms with Crippen molar-refractivity contribution in [1.29, 1.82) is 0 Å². The van der Waals surface area contributed by atoms with Crippen molar-refractivity contribution in [3.8, 4) is 0 Å². The van der Waals surface area contributed by atoms with Gasteiger partial charge in [-0.2, -0.15) is 0 Å². The van der Waals surface area contributed by atoms with Gasteiger partial charge < -0.3 is 5.11 Å². The van der Waals surface area contributed by atoms with Gasteiger partial charge in [0.15, 0.2) is 5.78 Å². The number of carbonyl (C=O) groups excluding carboxylic acids is 1. The van der Waals surface area contributed by atoms with Crippen LogP contribution in [0, 0.1) is 5.82 Å². The molecule has 104 valence electrons. The third-order valence-corrected chi connectivity index (χ3v) is 3.68. The molecular weight excluding hydrogens is 245 g/mol. The van der Waals surface area contributed by atoms with Crippen molar-refractivity contribution in [2.24, 2.45) is 0 Å². The van der Waals surface area contributed by atoms with E-state index in [2.05, 4.69) is 0 Å². The van der Waals surface area contributed by atoms with Crippen molar-refractivity contribution in [3.63, 3.8) is 0 Å². The van der Waals surface area contributed by atoms with Crippen LogP contribution in [0.1, 0.15) is 24.8 Å². The average molecular weight is 265 g/mol. The van der Waals surface area contributed by atoms with E-state index in [4.69, 9.17) is 0 Å². The largest absolute Gasteiger partial charge is 0.395 e. The van der Waals surface area contributed by atoms with E-state index in [9.17, 15) is 14.3 Å². The molecular formula is C15H20FNO2. The highest BCUT2D eigenvalue weighted by Gasteiger charge is 2.23. The number of Topliss-reactive ketones (excluding diaryl/α,β-unsaturated/α-hetero) is 1. The molecule has 1 N–H and O–H groups in total. The second-order valence-corrected chi connectivity index (χ2v) is 5.11. The molecule has 1 aliphatic rings. The van der Waals surface area contributed by atoms with Gasteiger partial charge in [0.1, 0.15) is 5.82 Å². The second kappa shape index (κ2) is 6.78. The number of benzene rings is 1. The molecule has 4 heteroatoms. The first-order valence-electron chi connectivity index (χ1n) is 6.80. The molecule has 1 heterocycles. The Morgan fingerprint density at radius 3 is 2.89 bits per heavy atom. The van der Waals surface area contributed by atoms with E-state index < -0.39 is 0 Å². The number of hydrogen-bond donors (Lipinski definition) is 1. The number of likely N-dealkylation sites (tertiary alicyclic amines) is 1. The van der Waals surface area contributed by atoms with Gasteiger partial charge in [0.05, 0.1) is 13.2 Å². The average Bonchev–Trinajstić information content (AvgIpc) is 2.42. The van der Waals surface area contributed by atoms with E-state index in [1.54, 1.807) is 18.2 Å². The van der Waals surface area contributed by atoms with Crippen LogP contribution >= 0.6 is 0 Å². The van der Waals surface area contributed by atoms with Gasteiger partial charge in [0.25, 0.3) is 0 Å². The third-order valence-electron chi connectivity index (χ3n) is 3.68. The van der Waals surface area contributed by atoms with Gasteiger partial charge in [-0.05, 0) is 31.0 Å². The Hall–Kier alpha value is -1.26. The van der Waals surface area contributed by atoms with Gasteiger partial charge in [-0.15, -0.1) is 0 Å². The summed E-state index contributed by atoms with van der Waals surface area (Å²) in [5, 5.41) is 9.30. The predicted molar refractivity (Wildman–Crippen MR) is 71.4 cm³/mol. The Balaban J connectivity index is 1.92. The van der Waals surface area contributed by atoms with Crippen LogP contribution in [0.2, 0.25) is 0 Å². The Morgan fingerprint density at radius 2 is 2.16 bits per heavy atom. The van der Waals surface area contributed by atoms with Crippen molar-refractivity contribution < 1.29 is 14.3 Å². The van der Waals surface area contributed by atoms with E-state index in [1.165, 1.54) is 6.07 Å². The number of hydrogen-bond acceptors (Lipinski definition) is 3. The standard InChI is InChI=1S/C15H20FNO2/c16-15-7-2-1-5-12(15)9-14(19)10-17-8-4-3-6-13(17)11-18/h1-2,5,7,13,18H,3-4,6,8-11H2. The summed E-state index contributed by atoms with van der Waals surface area (Å²) in [4.78, 5) is 14.0. The molecule has 1 atom stereocenters. The van der Waals surface area contributed by atoms with E-state index in [1.807, 2.05) is 4.90 Å². The maximum Gasteiger partial charge on any atom is 0.151 e. The van der Waals surface area contributed by atoms with Crippen LogP contribution in [0.3, 0.4) is 0 Å². The lowest BCUT2D eigenvalue weighted by Gasteiger charge is -2.33. The van der Waals surface area contributed by atoms with E-state index in [-0.39, 0.29) is 30.7 Å². The summed E-state index contributed by atoms with van der Waals surface area (Å²) in [6, 6.07) is 6.46. The molecule has 0 aromatic heterocycles. The SMILES string of the molecule is O=C(Cc1ccccc1F)CN1CCCCC1CO. The first-order chi connectivity index (χ1) is 9.20. The Bertz CT molecular complexity index is 436. The van der Waals surface area contributed by atoms with Crippen LogP contribution < -0.4 is 0 Å². The Kier molecular flexibility index (Phi) is 5.05. The summed E-state index contributed by atoms with van der Waals surface area (Å²) in [7, 11) is 0. The molecule has 1 aromatic rings. The minimum atomic E-state index is -0.326. The molecule has 1 aliphatic heterocycles. The topological polar surface area (TPSA) is 40.5 Å². The minimum Gasteiger partial charge on any atom is -0.395 e. The molecule has 2 rings (SSSR count). The second-order valence-electron chi connectivity index (χ2n) is 5.11. The fourth-order valence-electron chi connectivity index (χ4n) is 2.61. The molecule has 1 fully saturated rings. The van der Waals surface area contributed by atoms with E-state index >= 15 is 0 Å². The Labute approximate surface area is 113 Å². The van der Waals surface area contributed by atoms with Gasteiger partial charge in [0, 0.05) is 12.5 Å². The highest BCUT2D eigenvalue weighted by atomic mass is 19.1. The number of carbonyl (C=O) groups is 1. The van der Waals surface area contributed by atoms with Gasteiger partial charge in [-0.3, -0.25) is 9.69 Å². The number of piperidine rings is 1. The van der Waals surface area contributed by atoms with Crippen molar-refractivity contribution in [2.75, 3.05) is 19.7 Å². The monoisotopic (exact) mass is 265 g/mol. The number of ketones is 1. The molecule has 1 aromatic carbocycles. The first-order valence-corrected chi connectivity index (χ1v) is 6.80. The molecule has 0 bridgehead atoms. The van der Waals surface area contributed by atoms with Gasteiger partial charge >= 0.3 is 0 Å². The van der Waals surface area contributed by atoms with Crippen LogP contribution in [-0.4, -0.2) is 41.5 Å². The lowest BCUT2D eigenvalue weighted by Crippen LogP contribution is -2.44. The third kappa shape index (κ3) is 3.85. The smallest absolute Gasteiger partial charge is 0.151 e. The predicted octanol–water partition coefficient (Wildman–Crippen LogP) is 1.78. The summed E-state index contributed by atoms with van der Waals surface area (Å²) in [5.41, 5.74) is 0.449. The fourth-order valence-corrected chi connectivity index (χ4v) is 2.61. The number of aliphatic hydroxyl groups excluding tert-OH is 1. The van der Waals surface area contributed by atoms with Gasteiger partial charge in [-0.25, -0.2) is 4.39 Å². The zero-order valence-corrected chi connectivity index (χ0v) is 11.0. The van der Waals surface area contributed by atoms with Crippen LogP contribution in [0.15, 0.2) is 24.3 Å². The molecule has 19 heavy (non-hydrogen) atoms. The van der Waals surface area contributed by atoms with Crippen molar-refractivity contribution >= 4 is 5.78 Å². The van der Waals surface area contributed by atoms with Crippen LogP contribution in [0.4, 0.5) is 4.39 Å². The lowest BCUT2D eigenvalue weighted by atomic mass is 10.0. The number of rotatable bonds is 5. The molecule has 0 spiro atoms. The Morgan fingerprint density at radius 1 is 1.37 bits per heavy atom. The van der Waals surface area contributed by atoms with Crippen molar-refractivity contribution in [3.05, 3.63) is 35.6 Å². The summed E-state index contributed by atoms with van der Waals surface area (Å²) in [6.45, 7) is 1.24. The van der Waals surface area contributed by atoms with E-state index in [0.717, 1.165) is 25.8 Å². The summed E-state index contributed by atoms with van der Waals surface area (Å²) in [6.07, 6.45) is 3.22. The van der Waals surface area contributed by atoms with E-state index in [0.29, 0.717) is 12.1 Å². The fraction of sp³-hybridized carbons (Fsp3) is 0.533.